The lowest BCUT2D eigenvalue weighted by Gasteiger charge is -2.45. The maximum Gasteiger partial charge on any atom is 0.313 e. The van der Waals surface area contributed by atoms with Crippen LogP contribution >= 0.6 is 0 Å². The largest absolute Gasteiger partial charge is 0.394 e. The SMILES string of the molecule is OCC1OC(O)(OC(O)c2ccccc2)C(O)C(O)C1O. The van der Waals surface area contributed by atoms with Crippen LogP contribution < -0.4 is 0 Å². The lowest BCUT2D eigenvalue weighted by atomic mass is 9.98. The summed E-state index contributed by atoms with van der Waals surface area (Å²) in [6, 6.07) is 7.98. The summed E-state index contributed by atoms with van der Waals surface area (Å²) < 4.78 is 9.76. The fraction of sp³-hybridized carbons (Fsp3) is 0.538. The Balaban J connectivity index is 2.16. The lowest BCUT2D eigenvalue weighted by molar-refractivity contribution is -0.473. The van der Waals surface area contributed by atoms with Crippen LogP contribution in [0.1, 0.15) is 11.9 Å². The van der Waals surface area contributed by atoms with E-state index in [9.17, 15) is 25.5 Å². The molecule has 6 unspecified atom stereocenters. The van der Waals surface area contributed by atoms with Gasteiger partial charge in [0.05, 0.1) is 6.61 Å². The zero-order valence-corrected chi connectivity index (χ0v) is 11.0. The molecule has 8 heteroatoms. The number of rotatable bonds is 4. The molecule has 0 aromatic heterocycles. The summed E-state index contributed by atoms with van der Waals surface area (Å²) in [7, 11) is 0. The van der Waals surface area contributed by atoms with Crippen LogP contribution in [0.4, 0.5) is 0 Å². The normalized spacial score (nSPS) is 38.2. The predicted octanol–water partition coefficient (Wildman–Crippen LogP) is -2.19. The summed E-state index contributed by atoms with van der Waals surface area (Å²) >= 11 is 0. The second-order valence-electron chi connectivity index (χ2n) is 4.78. The van der Waals surface area contributed by atoms with E-state index in [1.807, 2.05) is 0 Å². The molecule has 1 fully saturated rings. The number of hydrogen-bond acceptors (Lipinski definition) is 8. The molecule has 1 aromatic carbocycles. The summed E-state index contributed by atoms with van der Waals surface area (Å²) in [4.78, 5) is 0. The topological polar surface area (TPSA) is 140 Å². The first-order chi connectivity index (χ1) is 9.89. The van der Waals surface area contributed by atoms with Crippen molar-refractivity contribution < 1.29 is 40.1 Å². The molecule has 0 bridgehead atoms. The molecular weight excluding hydrogens is 284 g/mol. The van der Waals surface area contributed by atoms with Crippen LogP contribution in [-0.2, 0) is 9.47 Å². The van der Waals surface area contributed by atoms with Crippen LogP contribution in [0.3, 0.4) is 0 Å². The van der Waals surface area contributed by atoms with Crippen molar-refractivity contribution in [3.63, 3.8) is 0 Å². The Hall–Kier alpha value is -1.10. The Bertz CT molecular complexity index is 453. The van der Waals surface area contributed by atoms with Crippen molar-refractivity contribution in [1.29, 1.82) is 0 Å². The third kappa shape index (κ3) is 3.23. The van der Waals surface area contributed by atoms with Crippen LogP contribution in [0.5, 0.6) is 0 Å². The molecule has 1 saturated heterocycles. The standard InChI is InChI=1S/C13H18O8/c14-6-8-9(15)10(16)11(17)13(19,20-8)21-12(18)7-4-2-1-3-5-7/h1-5,8-12,14-19H,6H2. The van der Waals surface area contributed by atoms with Crippen molar-refractivity contribution >= 4 is 0 Å². The minimum Gasteiger partial charge on any atom is -0.394 e. The van der Waals surface area contributed by atoms with Crippen LogP contribution in [0.25, 0.3) is 0 Å². The number of ether oxygens (including phenoxy) is 2. The van der Waals surface area contributed by atoms with Gasteiger partial charge >= 0.3 is 5.97 Å². The summed E-state index contributed by atoms with van der Waals surface area (Å²) in [5.41, 5.74) is 0.280. The van der Waals surface area contributed by atoms with Gasteiger partial charge in [0.1, 0.15) is 18.3 Å². The summed E-state index contributed by atoms with van der Waals surface area (Å²) in [5, 5.41) is 58.0. The Morgan fingerprint density at radius 3 is 2.33 bits per heavy atom. The van der Waals surface area contributed by atoms with Gasteiger partial charge in [-0.3, -0.25) is 4.74 Å². The van der Waals surface area contributed by atoms with E-state index in [1.54, 1.807) is 18.2 Å². The molecule has 1 aliphatic rings. The van der Waals surface area contributed by atoms with Gasteiger partial charge in [-0.05, 0) is 0 Å². The Kier molecular flexibility index (Phi) is 4.91. The summed E-state index contributed by atoms with van der Waals surface area (Å²) in [6.45, 7) is -0.724. The average Bonchev–Trinajstić information content (AvgIpc) is 2.50. The van der Waals surface area contributed by atoms with Gasteiger partial charge in [-0.25, -0.2) is 0 Å². The van der Waals surface area contributed by atoms with Crippen molar-refractivity contribution in [2.75, 3.05) is 6.61 Å². The van der Waals surface area contributed by atoms with Gasteiger partial charge in [-0.2, -0.15) is 0 Å². The van der Waals surface area contributed by atoms with E-state index in [1.165, 1.54) is 12.1 Å². The molecular formula is C13H18O8. The van der Waals surface area contributed by atoms with Crippen molar-refractivity contribution in [3.05, 3.63) is 35.9 Å². The third-order valence-corrected chi connectivity index (χ3v) is 3.29. The van der Waals surface area contributed by atoms with Crippen molar-refractivity contribution in [3.8, 4) is 0 Å². The fourth-order valence-corrected chi connectivity index (χ4v) is 2.07. The molecule has 0 radical (unpaired) electrons. The van der Waals surface area contributed by atoms with Gasteiger partial charge in [0.15, 0.2) is 12.4 Å². The number of aliphatic hydroxyl groups excluding tert-OH is 5. The lowest BCUT2D eigenvalue weighted by Crippen LogP contribution is -2.66. The third-order valence-electron chi connectivity index (χ3n) is 3.29. The van der Waals surface area contributed by atoms with Gasteiger partial charge in [0.2, 0.25) is 0 Å². The minimum absolute atomic E-state index is 0.280. The summed E-state index contributed by atoms with van der Waals surface area (Å²) in [6.07, 6.45) is -8.48. The fourth-order valence-electron chi connectivity index (χ4n) is 2.07. The molecule has 0 saturated carbocycles. The quantitative estimate of drug-likeness (QED) is 0.345. The smallest absolute Gasteiger partial charge is 0.313 e. The van der Waals surface area contributed by atoms with Crippen LogP contribution in [0.2, 0.25) is 0 Å². The van der Waals surface area contributed by atoms with E-state index in [-0.39, 0.29) is 5.56 Å². The highest BCUT2D eigenvalue weighted by Crippen LogP contribution is 2.32. The number of benzene rings is 1. The molecule has 8 nitrogen and oxygen atoms in total. The van der Waals surface area contributed by atoms with Gasteiger partial charge in [0.25, 0.3) is 0 Å². The second kappa shape index (κ2) is 6.34. The van der Waals surface area contributed by atoms with Gasteiger partial charge in [-0.15, -0.1) is 0 Å². The highest BCUT2D eigenvalue weighted by Gasteiger charge is 2.55. The van der Waals surface area contributed by atoms with Crippen LogP contribution in [0, 0.1) is 0 Å². The molecule has 118 valence electrons. The molecule has 0 spiro atoms. The van der Waals surface area contributed by atoms with Crippen molar-refractivity contribution in [2.24, 2.45) is 0 Å². The van der Waals surface area contributed by atoms with E-state index < -0.39 is 43.3 Å². The molecule has 6 N–H and O–H groups in total. The summed E-state index contributed by atoms with van der Waals surface area (Å²) in [5.74, 6) is -2.78. The van der Waals surface area contributed by atoms with Gasteiger partial charge in [-0.1, -0.05) is 30.3 Å². The van der Waals surface area contributed by atoms with Gasteiger partial charge in [0, 0.05) is 5.56 Å². The van der Waals surface area contributed by atoms with Gasteiger partial charge < -0.3 is 35.4 Å². The highest BCUT2D eigenvalue weighted by molar-refractivity contribution is 5.15. The van der Waals surface area contributed by atoms with E-state index >= 15 is 0 Å². The second-order valence-corrected chi connectivity index (χ2v) is 4.78. The first-order valence-corrected chi connectivity index (χ1v) is 6.35. The van der Waals surface area contributed by atoms with E-state index in [0.29, 0.717) is 0 Å². The van der Waals surface area contributed by atoms with E-state index in [0.717, 1.165) is 0 Å². The monoisotopic (exact) mass is 302 g/mol. The molecule has 0 aliphatic carbocycles. The van der Waals surface area contributed by atoms with E-state index in [4.69, 9.17) is 14.6 Å². The maximum absolute atomic E-state index is 10.1. The van der Waals surface area contributed by atoms with E-state index in [2.05, 4.69) is 0 Å². The van der Waals surface area contributed by atoms with Crippen molar-refractivity contribution in [1.82, 2.24) is 0 Å². The molecule has 1 aromatic rings. The first kappa shape index (κ1) is 16.3. The Morgan fingerprint density at radius 1 is 1.14 bits per heavy atom. The highest BCUT2D eigenvalue weighted by atomic mass is 16.9. The molecule has 1 aliphatic heterocycles. The van der Waals surface area contributed by atoms with Crippen LogP contribution in [0.15, 0.2) is 30.3 Å². The van der Waals surface area contributed by atoms with Crippen LogP contribution in [-0.4, -0.2) is 67.6 Å². The Morgan fingerprint density at radius 2 is 1.76 bits per heavy atom. The zero-order chi connectivity index (χ0) is 15.6. The number of aliphatic hydroxyl groups is 6. The molecule has 21 heavy (non-hydrogen) atoms. The molecule has 0 amide bonds. The first-order valence-electron chi connectivity index (χ1n) is 6.35. The molecule has 1 heterocycles. The minimum atomic E-state index is -2.78. The Labute approximate surface area is 120 Å². The molecule has 2 rings (SSSR count). The maximum atomic E-state index is 10.1. The number of hydrogen-bond donors (Lipinski definition) is 6. The van der Waals surface area contributed by atoms with Crippen molar-refractivity contribution in [2.45, 2.75) is 36.7 Å². The average molecular weight is 302 g/mol. The molecule has 6 atom stereocenters. The zero-order valence-electron chi connectivity index (χ0n) is 11.0. The predicted molar refractivity (Wildman–Crippen MR) is 67.4 cm³/mol.